The van der Waals surface area contributed by atoms with E-state index in [1.807, 2.05) is 4.90 Å². The molecule has 1 aliphatic carbocycles. The number of hydrogen-bond donors (Lipinski definition) is 1. The Bertz CT molecular complexity index is 664. The summed E-state index contributed by atoms with van der Waals surface area (Å²) in [4.78, 5) is 29.3. The molecule has 0 saturated carbocycles. The molecule has 122 valence electrons. The number of hydrogen-bond acceptors (Lipinski definition) is 5. The monoisotopic (exact) mass is 334 g/mol. The molecule has 0 atom stereocenters. The van der Waals surface area contributed by atoms with Gasteiger partial charge in [0.2, 0.25) is 11.6 Å². The van der Waals surface area contributed by atoms with E-state index < -0.39 is 0 Å². The lowest BCUT2D eigenvalue weighted by molar-refractivity contribution is 0.0907. The van der Waals surface area contributed by atoms with Crippen molar-refractivity contribution >= 4 is 23.2 Å². The molecular weight excluding hydrogens is 316 g/mol. The molecule has 1 aliphatic heterocycles. The second-order valence-electron chi connectivity index (χ2n) is 5.77. The third kappa shape index (κ3) is 3.04. The lowest BCUT2D eigenvalue weighted by atomic mass is 9.91. The molecule has 0 bridgehead atoms. The van der Waals surface area contributed by atoms with Crippen LogP contribution in [-0.2, 0) is 0 Å². The van der Waals surface area contributed by atoms with Crippen LogP contribution in [-0.4, -0.2) is 65.8 Å². The number of carbonyl (C=O) groups is 2. The number of carbonyl (C=O) groups excluding carboxylic acids is 2. The fraction of sp³-hybridized carbons (Fsp3) is 0.412. The summed E-state index contributed by atoms with van der Waals surface area (Å²) in [5, 5.41) is 8.93. The molecule has 6 heteroatoms. The van der Waals surface area contributed by atoms with E-state index >= 15 is 0 Å². The third-order valence-corrected chi connectivity index (χ3v) is 4.71. The van der Waals surface area contributed by atoms with E-state index in [0.29, 0.717) is 29.9 Å². The van der Waals surface area contributed by atoms with Crippen molar-refractivity contribution in [3.05, 3.63) is 46.1 Å². The van der Waals surface area contributed by atoms with Gasteiger partial charge >= 0.3 is 0 Å². The van der Waals surface area contributed by atoms with Gasteiger partial charge in [-0.2, -0.15) is 0 Å². The number of nitrogens with zero attached hydrogens (tertiary/aromatic N) is 2. The minimum atomic E-state index is -0.278. The van der Waals surface area contributed by atoms with Crippen LogP contribution in [0.2, 0.25) is 0 Å². The third-order valence-electron chi connectivity index (χ3n) is 4.36. The molecule has 1 aromatic carbocycles. The van der Waals surface area contributed by atoms with Gasteiger partial charge in [-0.1, -0.05) is 35.9 Å². The van der Waals surface area contributed by atoms with E-state index in [-0.39, 0.29) is 23.2 Å². The molecule has 23 heavy (non-hydrogen) atoms. The molecule has 0 aromatic heterocycles. The van der Waals surface area contributed by atoms with Crippen molar-refractivity contribution in [3.63, 3.8) is 0 Å². The molecule has 1 aromatic rings. The first-order chi connectivity index (χ1) is 11.1. The van der Waals surface area contributed by atoms with Crippen LogP contribution < -0.4 is 0 Å². The minimum absolute atomic E-state index is 0.0255. The van der Waals surface area contributed by atoms with Crippen molar-refractivity contribution in [1.29, 1.82) is 0 Å². The Labute approximate surface area is 140 Å². The average molecular weight is 335 g/mol. The SMILES string of the molecule is O=C1C(Cl)=C(N2CCN(CCCO)CC2)C(=O)c2ccccc21. The molecule has 0 spiro atoms. The highest BCUT2D eigenvalue weighted by Crippen LogP contribution is 2.30. The van der Waals surface area contributed by atoms with Crippen LogP contribution in [0.3, 0.4) is 0 Å². The van der Waals surface area contributed by atoms with Gasteiger partial charge < -0.3 is 10.0 Å². The number of piperazine rings is 1. The summed E-state index contributed by atoms with van der Waals surface area (Å²) in [5.41, 5.74) is 1.14. The predicted molar refractivity (Wildman–Crippen MR) is 87.7 cm³/mol. The van der Waals surface area contributed by atoms with Gasteiger partial charge in [-0.15, -0.1) is 0 Å². The Hall–Kier alpha value is -1.69. The summed E-state index contributed by atoms with van der Waals surface area (Å²) in [6.07, 6.45) is 0.744. The van der Waals surface area contributed by atoms with Gasteiger partial charge in [0.25, 0.3) is 0 Å². The van der Waals surface area contributed by atoms with E-state index in [1.54, 1.807) is 24.3 Å². The largest absolute Gasteiger partial charge is 0.396 e. The summed E-state index contributed by atoms with van der Waals surface area (Å²) < 4.78 is 0. The Balaban J connectivity index is 1.80. The standard InChI is InChI=1S/C17H19ClN2O3/c18-14-15(20-9-7-19(8-10-20)6-3-11-21)17(23)13-5-2-1-4-12(13)16(14)22/h1-2,4-5,21H,3,6-11H2. The summed E-state index contributed by atoms with van der Waals surface area (Å²) in [5.74, 6) is -0.450. The first-order valence-electron chi connectivity index (χ1n) is 7.80. The van der Waals surface area contributed by atoms with Crippen LogP contribution in [0.5, 0.6) is 0 Å². The van der Waals surface area contributed by atoms with E-state index in [0.717, 1.165) is 26.1 Å². The maximum Gasteiger partial charge on any atom is 0.211 e. The van der Waals surface area contributed by atoms with Gasteiger partial charge in [-0.25, -0.2) is 0 Å². The normalized spacial score (nSPS) is 19.3. The number of halogens is 1. The number of benzene rings is 1. The van der Waals surface area contributed by atoms with Crippen molar-refractivity contribution in [3.8, 4) is 0 Å². The highest BCUT2D eigenvalue weighted by molar-refractivity contribution is 6.49. The molecule has 5 nitrogen and oxygen atoms in total. The number of rotatable bonds is 4. The smallest absolute Gasteiger partial charge is 0.211 e. The van der Waals surface area contributed by atoms with Crippen molar-refractivity contribution in [2.24, 2.45) is 0 Å². The van der Waals surface area contributed by atoms with Gasteiger partial charge in [0.15, 0.2) is 0 Å². The van der Waals surface area contributed by atoms with Crippen molar-refractivity contribution in [2.75, 3.05) is 39.3 Å². The molecule has 0 unspecified atom stereocenters. The molecule has 1 heterocycles. The summed E-state index contributed by atoms with van der Waals surface area (Å²) in [6, 6.07) is 6.81. The first kappa shape index (κ1) is 16.2. The highest BCUT2D eigenvalue weighted by atomic mass is 35.5. The lowest BCUT2D eigenvalue weighted by Crippen LogP contribution is -2.48. The summed E-state index contributed by atoms with van der Waals surface area (Å²) in [6.45, 7) is 3.90. The van der Waals surface area contributed by atoms with Crippen LogP contribution in [0.15, 0.2) is 35.0 Å². The summed E-state index contributed by atoms with van der Waals surface area (Å²) in [7, 11) is 0. The number of aliphatic hydroxyl groups is 1. The van der Waals surface area contributed by atoms with Crippen LogP contribution in [0.1, 0.15) is 27.1 Å². The van der Waals surface area contributed by atoms with Gasteiger partial charge in [-0.05, 0) is 6.42 Å². The number of ketones is 2. The lowest BCUT2D eigenvalue weighted by Gasteiger charge is -2.38. The molecule has 1 saturated heterocycles. The Morgan fingerprint density at radius 1 is 1.00 bits per heavy atom. The van der Waals surface area contributed by atoms with E-state index in [9.17, 15) is 9.59 Å². The number of fused-ring (bicyclic) bond motifs is 1. The van der Waals surface area contributed by atoms with Crippen molar-refractivity contribution in [2.45, 2.75) is 6.42 Å². The average Bonchev–Trinajstić information content (AvgIpc) is 2.59. The fourth-order valence-corrected chi connectivity index (χ4v) is 3.41. The quantitative estimate of drug-likeness (QED) is 0.904. The zero-order valence-corrected chi connectivity index (χ0v) is 13.6. The molecule has 2 aliphatic rings. The zero-order valence-electron chi connectivity index (χ0n) is 12.8. The second kappa shape index (κ2) is 6.83. The van der Waals surface area contributed by atoms with E-state index in [1.165, 1.54) is 0 Å². The molecule has 1 N–H and O–H groups in total. The van der Waals surface area contributed by atoms with E-state index in [4.69, 9.17) is 16.7 Å². The Morgan fingerprint density at radius 3 is 2.22 bits per heavy atom. The zero-order chi connectivity index (χ0) is 16.4. The van der Waals surface area contributed by atoms with Crippen LogP contribution in [0.4, 0.5) is 0 Å². The van der Waals surface area contributed by atoms with Crippen molar-refractivity contribution < 1.29 is 14.7 Å². The van der Waals surface area contributed by atoms with Gasteiger partial charge in [0, 0.05) is 50.5 Å². The van der Waals surface area contributed by atoms with Gasteiger partial charge in [0.1, 0.15) is 10.7 Å². The number of aliphatic hydroxyl groups excluding tert-OH is 1. The second-order valence-corrected chi connectivity index (χ2v) is 6.15. The fourth-order valence-electron chi connectivity index (χ4n) is 3.10. The first-order valence-corrected chi connectivity index (χ1v) is 8.17. The Kier molecular flexibility index (Phi) is 4.80. The topological polar surface area (TPSA) is 60.9 Å². The molecule has 1 fully saturated rings. The number of allylic oxidation sites excluding steroid dienone is 2. The predicted octanol–water partition coefficient (Wildman–Crippen LogP) is 1.52. The highest BCUT2D eigenvalue weighted by Gasteiger charge is 2.35. The molecule has 0 amide bonds. The van der Waals surface area contributed by atoms with Crippen LogP contribution in [0, 0.1) is 0 Å². The maximum atomic E-state index is 12.7. The van der Waals surface area contributed by atoms with Crippen LogP contribution >= 0.6 is 11.6 Å². The molecule has 3 rings (SSSR count). The molecule has 0 radical (unpaired) electrons. The number of Topliss-reactive ketones (excluding diaryl/α,β-unsaturated/α-hetero) is 2. The maximum absolute atomic E-state index is 12.7. The molecular formula is C17H19ClN2O3. The van der Waals surface area contributed by atoms with Gasteiger partial charge in [0.05, 0.1) is 0 Å². The van der Waals surface area contributed by atoms with Gasteiger partial charge in [-0.3, -0.25) is 14.5 Å². The van der Waals surface area contributed by atoms with Crippen LogP contribution in [0.25, 0.3) is 0 Å². The Morgan fingerprint density at radius 2 is 1.61 bits per heavy atom. The van der Waals surface area contributed by atoms with Crippen molar-refractivity contribution in [1.82, 2.24) is 9.80 Å². The minimum Gasteiger partial charge on any atom is -0.396 e. The summed E-state index contributed by atoms with van der Waals surface area (Å²) >= 11 is 6.23. The van der Waals surface area contributed by atoms with E-state index in [2.05, 4.69) is 4.90 Å².